The van der Waals surface area contributed by atoms with Crippen LogP contribution in [-0.4, -0.2) is 19.4 Å². The first-order chi connectivity index (χ1) is 13.9. The van der Waals surface area contributed by atoms with Crippen molar-refractivity contribution in [2.75, 3.05) is 5.32 Å². The normalized spacial score (nSPS) is 15.9. The van der Waals surface area contributed by atoms with Crippen LogP contribution in [-0.2, 0) is 16.6 Å². The zero-order valence-electron chi connectivity index (χ0n) is 14.8. The van der Waals surface area contributed by atoms with Crippen molar-refractivity contribution in [1.29, 1.82) is 0 Å². The van der Waals surface area contributed by atoms with Crippen LogP contribution in [0.5, 0.6) is 11.5 Å². The number of nitrogens with one attached hydrogen (secondary N) is 2. The summed E-state index contributed by atoms with van der Waals surface area (Å²) in [5.74, 6) is 0.120. The van der Waals surface area contributed by atoms with Crippen LogP contribution in [0, 0.1) is 5.82 Å². The Kier molecular flexibility index (Phi) is 5.08. The molecule has 0 amide bonds. The van der Waals surface area contributed by atoms with Crippen molar-refractivity contribution in [3.8, 4) is 11.5 Å². The van der Waals surface area contributed by atoms with Crippen LogP contribution in [0.25, 0.3) is 0 Å². The second kappa shape index (κ2) is 7.69. The first kappa shape index (κ1) is 19.2. The summed E-state index contributed by atoms with van der Waals surface area (Å²) < 4.78 is 47.1. The van der Waals surface area contributed by atoms with E-state index in [9.17, 15) is 12.8 Å². The second-order valence-corrected chi connectivity index (χ2v) is 8.10. The maximum Gasteiger partial charge on any atom is 0.266 e. The van der Waals surface area contributed by atoms with Crippen LogP contribution in [0.2, 0.25) is 5.02 Å². The lowest BCUT2D eigenvalue weighted by atomic mass is 10.2. The quantitative estimate of drug-likeness (QED) is 0.651. The molecule has 7 nitrogen and oxygen atoms in total. The SMILES string of the molecule is O=S1(=O)NC(=NCc2ncccc2F)Nc2c(Oc3cccc(Cl)c3)cccc21. The van der Waals surface area contributed by atoms with Crippen LogP contribution in [0.1, 0.15) is 5.69 Å². The van der Waals surface area contributed by atoms with Gasteiger partial charge in [0, 0.05) is 11.2 Å². The number of hydrogen-bond acceptors (Lipinski definition) is 5. The maximum absolute atomic E-state index is 13.8. The van der Waals surface area contributed by atoms with Gasteiger partial charge in [-0.2, -0.15) is 0 Å². The molecule has 29 heavy (non-hydrogen) atoms. The Morgan fingerprint density at radius 2 is 1.97 bits per heavy atom. The van der Waals surface area contributed by atoms with E-state index < -0.39 is 15.8 Å². The number of aromatic nitrogens is 1. The molecule has 2 heterocycles. The highest BCUT2D eigenvalue weighted by atomic mass is 35.5. The van der Waals surface area contributed by atoms with E-state index in [1.807, 2.05) is 0 Å². The van der Waals surface area contributed by atoms with Gasteiger partial charge in [-0.3, -0.25) is 4.98 Å². The van der Waals surface area contributed by atoms with Crippen LogP contribution < -0.4 is 14.8 Å². The van der Waals surface area contributed by atoms with Crippen LogP contribution >= 0.6 is 11.6 Å². The minimum Gasteiger partial charge on any atom is -0.455 e. The van der Waals surface area contributed by atoms with Crippen molar-refractivity contribution in [3.05, 3.63) is 77.3 Å². The molecule has 3 aromatic rings. The molecule has 0 saturated heterocycles. The first-order valence-electron chi connectivity index (χ1n) is 8.42. The zero-order valence-corrected chi connectivity index (χ0v) is 16.3. The number of sulfonamides is 1. The number of ether oxygens (including phenoxy) is 1. The molecule has 10 heteroatoms. The van der Waals surface area contributed by atoms with E-state index in [1.165, 1.54) is 24.4 Å². The number of guanidine groups is 1. The number of anilines is 1. The summed E-state index contributed by atoms with van der Waals surface area (Å²) in [5, 5.41) is 3.38. The Morgan fingerprint density at radius 1 is 1.14 bits per heavy atom. The summed E-state index contributed by atoms with van der Waals surface area (Å²) >= 11 is 5.98. The van der Waals surface area contributed by atoms with Gasteiger partial charge in [-0.25, -0.2) is 22.5 Å². The van der Waals surface area contributed by atoms with Gasteiger partial charge in [0.2, 0.25) is 5.96 Å². The molecular formula is C19H14ClFN4O3S. The average molecular weight is 433 g/mol. The molecule has 0 saturated carbocycles. The molecule has 0 aliphatic carbocycles. The molecule has 1 aliphatic heterocycles. The second-order valence-electron chi connectivity index (χ2n) is 6.02. The molecule has 0 unspecified atom stereocenters. The number of rotatable bonds is 4. The Balaban J connectivity index is 1.68. The van der Waals surface area contributed by atoms with Crippen molar-refractivity contribution >= 4 is 33.3 Å². The van der Waals surface area contributed by atoms with E-state index in [1.54, 1.807) is 36.4 Å². The maximum atomic E-state index is 13.8. The molecular weight excluding hydrogens is 419 g/mol. The number of nitrogens with zero attached hydrogens (tertiary/aromatic N) is 2. The van der Waals surface area contributed by atoms with Gasteiger partial charge in [0.25, 0.3) is 10.0 Å². The number of aliphatic imine (C=N–C) groups is 1. The Hall–Kier alpha value is -3.17. The van der Waals surface area contributed by atoms with Gasteiger partial charge in [0.05, 0.1) is 12.2 Å². The summed E-state index contributed by atoms with van der Waals surface area (Å²) in [5.41, 5.74) is 0.307. The van der Waals surface area contributed by atoms with Crippen LogP contribution in [0.4, 0.5) is 10.1 Å². The molecule has 0 fully saturated rings. The standard InChI is InChI=1S/C19H14ClFN4O3S/c20-12-4-1-5-13(10-12)28-16-7-2-8-17-18(16)24-19(25-29(17,26)27)23-11-15-14(21)6-3-9-22-15/h1-10H,11H2,(H2,23,24,25). The highest BCUT2D eigenvalue weighted by molar-refractivity contribution is 7.90. The molecule has 2 N–H and O–H groups in total. The Bertz CT molecular complexity index is 1220. The van der Waals surface area contributed by atoms with Gasteiger partial charge in [-0.1, -0.05) is 23.7 Å². The minimum absolute atomic E-state index is 0.00000488. The zero-order chi connectivity index (χ0) is 20.4. The fourth-order valence-corrected chi connectivity index (χ4v) is 4.03. The van der Waals surface area contributed by atoms with Crippen molar-refractivity contribution in [2.45, 2.75) is 11.4 Å². The van der Waals surface area contributed by atoms with Crippen LogP contribution in [0.15, 0.2) is 70.7 Å². The number of fused-ring (bicyclic) bond motifs is 1. The monoisotopic (exact) mass is 432 g/mol. The summed E-state index contributed by atoms with van der Waals surface area (Å²) in [6.45, 7) is -0.149. The van der Waals surface area contributed by atoms with E-state index in [0.29, 0.717) is 10.8 Å². The number of para-hydroxylation sites is 1. The molecule has 0 atom stereocenters. The summed E-state index contributed by atoms with van der Waals surface area (Å²) in [6.07, 6.45) is 1.43. The lowest BCUT2D eigenvalue weighted by Gasteiger charge is -2.23. The third-order valence-electron chi connectivity index (χ3n) is 4.00. The predicted octanol–water partition coefficient (Wildman–Crippen LogP) is 3.93. The number of hydrogen-bond donors (Lipinski definition) is 2. The first-order valence-corrected chi connectivity index (χ1v) is 10.3. The van der Waals surface area contributed by atoms with E-state index in [-0.39, 0.29) is 34.5 Å². The van der Waals surface area contributed by atoms with Crippen molar-refractivity contribution in [2.24, 2.45) is 4.99 Å². The molecule has 4 rings (SSSR count). The lowest BCUT2D eigenvalue weighted by Crippen LogP contribution is -2.40. The highest BCUT2D eigenvalue weighted by Gasteiger charge is 2.29. The van der Waals surface area contributed by atoms with E-state index in [0.717, 1.165) is 0 Å². The van der Waals surface area contributed by atoms with Gasteiger partial charge in [-0.05, 0) is 42.5 Å². The van der Waals surface area contributed by atoms with Gasteiger partial charge in [0.15, 0.2) is 5.75 Å². The molecule has 148 valence electrons. The lowest BCUT2D eigenvalue weighted by molar-refractivity contribution is 0.483. The van der Waals surface area contributed by atoms with Gasteiger partial charge < -0.3 is 10.1 Å². The van der Waals surface area contributed by atoms with E-state index in [2.05, 4.69) is 20.0 Å². The molecule has 1 aromatic heterocycles. The van der Waals surface area contributed by atoms with Gasteiger partial charge in [0.1, 0.15) is 22.1 Å². The van der Waals surface area contributed by atoms with Crippen molar-refractivity contribution in [3.63, 3.8) is 0 Å². The molecule has 0 radical (unpaired) electrons. The van der Waals surface area contributed by atoms with Crippen molar-refractivity contribution in [1.82, 2.24) is 9.71 Å². The molecule has 1 aliphatic rings. The van der Waals surface area contributed by atoms with Gasteiger partial charge in [-0.15, -0.1) is 0 Å². The average Bonchev–Trinajstić information content (AvgIpc) is 2.68. The van der Waals surface area contributed by atoms with E-state index >= 15 is 0 Å². The molecule has 0 spiro atoms. The predicted molar refractivity (Wildman–Crippen MR) is 107 cm³/mol. The topological polar surface area (TPSA) is 92.7 Å². The number of halogens is 2. The Labute approximate surface area is 171 Å². The molecule has 2 aromatic carbocycles. The van der Waals surface area contributed by atoms with Gasteiger partial charge >= 0.3 is 0 Å². The number of benzene rings is 2. The van der Waals surface area contributed by atoms with Crippen LogP contribution in [0.3, 0.4) is 0 Å². The fourth-order valence-electron chi connectivity index (χ4n) is 2.69. The summed E-state index contributed by atoms with van der Waals surface area (Å²) in [7, 11) is -3.89. The molecule has 0 bridgehead atoms. The third-order valence-corrected chi connectivity index (χ3v) is 5.61. The fraction of sp³-hybridized carbons (Fsp3) is 0.0526. The van der Waals surface area contributed by atoms with Crippen molar-refractivity contribution < 1.29 is 17.5 Å². The summed E-state index contributed by atoms with van der Waals surface area (Å²) in [4.78, 5) is 8.01. The largest absolute Gasteiger partial charge is 0.455 e. The minimum atomic E-state index is -3.89. The third kappa shape index (κ3) is 4.15. The highest BCUT2D eigenvalue weighted by Crippen LogP contribution is 2.37. The summed E-state index contributed by atoms with van der Waals surface area (Å²) in [6, 6.07) is 14.0. The number of pyridine rings is 1. The Morgan fingerprint density at radius 3 is 2.76 bits per heavy atom. The van der Waals surface area contributed by atoms with E-state index in [4.69, 9.17) is 16.3 Å². The smallest absolute Gasteiger partial charge is 0.266 e.